The average molecular weight is 294 g/mol. The molecule has 1 heterocycles. The van der Waals surface area contributed by atoms with Crippen LogP contribution in [0.3, 0.4) is 0 Å². The Hall–Kier alpha value is -2.09. The van der Waals surface area contributed by atoms with Crippen LogP contribution in [0.1, 0.15) is 37.8 Å². The van der Waals surface area contributed by atoms with Gasteiger partial charge >= 0.3 is 5.97 Å². The fraction of sp³-hybridized carbons (Fsp3) is 0.350. The summed E-state index contributed by atoms with van der Waals surface area (Å²) in [5, 5.41) is 0. The number of ether oxygens (including phenoxy) is 1. The van der Waals surface area contributed by atoms with Crippen LogP contribution in [0.5, 0.6) is 5.75 Å². The summed E-state index contributed by atoms with van der Waals surface area (Å²) in [7, 11) is 0. The molecule has 2 nitrogen and oxygen atoms in total. The van der Waals surface area contributed by atoms with Gasteiger partial charge in [-0.3, -0.25) is 4.79 Å². The Balaban J connectivity index is 2.11. The van der Waals surface area contributed by atoms with E-state index < -0.39 is 0 Å². The fourth-order valence-electron chi connectivity index (χ4n) is 3.43. The molecule has 0 amide bonds. The van der Waals surface area contributed by atoms with E-state index in [0.29, 0.717) is 5.75 Å². The standard InChI is InChI=1S/C20H22O2/c1-20(2,3)18-16(14-9-5-4-6-10-14)13-15-11-7-8-12-17(15)22-19(18)21/h4-12,16,18H,13H2,1-3H3/t16?,18-/m0/s1. The number of carbonyl (C=O) groups is 1. The lowest BCUT2D eigenvalue weighted by Gasteiger charge is -2.33. The summed E-state index contributed by atoms with van der Waals surface area (Å²) < 4.78 is 5.71. The molecular weight excluding hydrogens is 272 g/mol. The molecule has 0 saturated heterocycles. The van der Waals surface area contributed by atoms with Crippen molar-refractivity contribution in [1.82, 2.24) is 0 Å². The molecule has 0 aliphatic carbocycles. The molecule has 0 spiro atoms. The van der Waals surface area contributed by atoms with Crippen LogP contribution >= 0.6 is 0 Å². The van der Waals surface area contributed by atoms with E-state index >= 15 is 0 Å². The first-order valence-electron chi connectivity index (χ1n) is 7.81. The van der Waals surface area contributed by atoms with Gasteiger partial charge in [-0.15, -0.1) is 0 Å². The Bertz CT molecular complexity index is 668. The molecule has 2 aromatic rings. The van der Waals surface area contributed by atoms with Gasteiger partial charge in [-0.25, -0.2) is 0 Å². The number of fused-ring (bicyclic) bond motifs is 1. The SMILES string of the molecule is CC(C)(C)[C@@H]1C(=O)Oc2ccccc2CC1c1ccccc1. The minimum Gasteiger partial charge on any atom is -0.426 e. The van der Waals surface area contributed by atoms with E-state index in [1.807, 2.05) is 36.4 Å². The summed E-state index contributed by atoms with van der Waals surface area (Å²) in [6, 6.07) is 18.2. The van der Waals surface area contributed by atoms with E-state index in [1.54, 1.807) is 0 Å². The molecule has 1 aliphatic heterocycles. The minimum absolute atomic E-state index is 0.119. The summed E-state index contributed by atoms with van der Waals surface area (Å²) >= 11 is 0. The second-order valence-electron chi connectivity index (χ2n) is 7.09. The van der Waals surface area contributed by atoms with Crippen molar-refractivity contribution in [2.75, 3.05) is 0 Å². The summed E-state index contributed by atoms with van der Waals surface area (Å²) in [4.78, 5) is 12.8. The number of carbonyl (C=O) groups excluding carboxylic acids is 1. The lowest BCUT2D eigenvalue weighted by Crippen LogP contribution is -2.36. The molecule has 2 atom stereocenters. The van der Waals surface area contributed by atoms with Crippen LogP contribution in [-0.4, -0.2) is 5.97 Å². The highest BCUT2D eigenvalue weighted by molar-refractivity contribution is 5.78. The Kier molecular flexibility index (Phi) is 3.78. The third-order valence-electron chi connectivity index (χ3n) is 4.44. The Morgan fingerprint density at radius 1 is 0.955 bits per heavy atom. The van der Waals surface area contributed by atoms with Crippen molar-refractivity contribution < 1.29 is 9.53 Å². The highest BCUT2D eigenvalue weighted by Crippen LogP contribution is 2.44. The van der Waals surface area contributed by atoms with Crippen molar-refractivity contribution in [2.45, 2.75) is 33.1 Å². The van der Waals surface area contributed by atoms with Crippen molar-refractivity contribution in [3.63, 3.8) is 0 Å². The largest absolute Gasteiger partial charge is 0.426 e. The van der Waals surface area contributed by atoms with Crippen molar-refractivity contribution >= 4 is 5.97 Å². The summed E-state index contributed by atoms with van der Waals surface area (Å²) in [6.45, 7) is 6.35. The molecule has 2 heteroatoms. The lowest BCUT2D eigenvalue weighted by molar-refractivity contribution is -0.143. The number of rotatable bonds is 1. The quantitative estimate of drug-likeness (QED) is 0.568. The van der Waals surface area contributed by atoms with Gasteiger partial charge in [0, 0.05) is 5.92 Å². The smallest absolute Gasteiger partial charge is 0.315 e. The summed E-state index contributed by atoms with van der Waals surface area (Å²) in [6.07, 6.45) is 0.827. The first-order valence-corrected chi connectivity index (χ1v) is 7.81. The molecule has 0 N–H and O–H groups in total. The normalized spacial score (nSPS) is 21.7. The first-order chi connectivity index (χ1) is 10.5. The van der Waals surface area contributed by atoms with Crippen LogP contribution in [0.25, 0.3) is 0 Å². The molecule has 2 aromatic carbocycles. The number of hydrogen-bond donors (Lipinski definition) is 0. The van der Waals surface area contributed by atoms with Crippen molar-refractivity contribution in [3.05, 3.63) is 65.7 Å². The third kappa shape index (κ3) is 2.78. The number of hydrogen-bond acceptors (Lipinski definition) is 2. The van der Waals surface area contributed by atoms with Crippen LogP contribution in [0, 0.1) is 11.3 Å². The highest BCUT2D eigenvalue weighted by Gasteiger charge is 2.42. The summed E-state index contributed by atoms with van der Waals surface area (Å²) in [5.41, 5.74) is 2.16. The topological polar surface area (TPSA) is 26.3 Å². The predicted molar refractivity (Wildman–Crippen MR) is 87.9 cm³/mol. The van der Waals surface area contributed by atoms with Crippen LogP contribution < -0.4 is 4.74 Å². The highest BCUT2D eigenvalue weighted by atomic mass is 16.5. The molecule has 0 fully saturated rings. The van der Waals surface area contributed by atoms with Gasteiger partial charge in [0.2, 0.25) is 0 Å². The van der Waals surface area contributed by atoms with Gasteiger partial charge in [0.15, 0.2) is 0 Å². The Morgan fingerprint density at radius 3 is 2.27 bits per heavy atom. The molecule has 0 bridgehead atoms. The van der Waals surface area contributed by atoms with Crippen molar-refractivity contribution in [3.8, 4) is 5.75 Å². The molecule has 1 aliphatic rings. The van der Waals surface area contributed by atoms with Gasteiger partial charge < -0.3 is 4.74 Å². The minimum atomic E-state index is -0.165. The van der Waals surface area contributed by atoms with Gasteiger partial charge in [-0.2, -0.15) is 0 Å². The molecule has 1 unspecified atom stereocenters. The number of benzene rings is 2. The average Bonchev–Trinajstić information content (AvgIpc) is 2.63. The van der Waals surface area contributed by atoms with Crippen LogP contribution in [0.4, 0.5) is 0 Å². The molecule has 3 rings (SSSR count). The zero-order valence-electron chi connectivity index (χ0n) is 13.4. The number of para-hydroxylation sites is 1. The second-order valence-corrected chi connectivity index (χ2v) is 7.09. The lowest BCUT2D eigenvalue weighted by atomic mass is 9.69. The van der Waals surface area contributed by atoms with Crippen LogP contribution in [-0.2, 0) is 11.2 Å². The molecule has 22 heavy (non-hydrogen) atoms. The van der Waals surface area contributed by atoms with E-state index in [-0.39, 0.29) is 23.2 Å². The summed E-state index contributed by atoms with van der Waals surface area (Å²) in [5.74, 6) is 0.561. The number of esters is 1. The van der Waals surface area contributed by atoms with E-state index in [1.165, 1.54) is 5.56 Å². The molecule has 0 radical (unpaired) electrons. The van der Waals surface area contributed by atoms with E-state index in [2.05, 4.69) is 39.0 Å². The zero-order valence-corrected chi connectivity index (χ0v) is 13.4. The first kappa shape index (κ1) is 14.8. The van der Waals surface area contributed by atoms with Crippen molar-refractivity contribution in [1.29, 1.82) is 0 Å². The van der Waals surface area contributed by atoms with E-state index in [0.717, 1.165) is 12.0 Å². The van der Waals surface area contributed by atoms with Gasteiger partial charge in [0.1, 0.15) is 5.75 Å². The van der Waals surface area contributed by atoms with Gasteiger partial charge in [0.25, 0.3) is 0 Å². The Morgan fingerprint density at radius 2 is 1.59 bits per heavy atom. The molecule has 0 aromatic heterocycles. The van der Waals surface area contributed by atoms with Crippen molar-refractivity contribution in [2.24, 2.45) is 11.3 Å². The predicted octanol–water partition coefficient (Wildman–Crippen LogP) is 4.59. The van der Waals surface area contributed by atoms with Crippen LogP contribution in [0.2, 0.25) is 0 Å². The van der Waals surface area contributed by atoms with E-state index in [9.17, 15) is 4.79 Å². The second kappa shape index (κ2) is 5.60. The third-order valence-corrected chi connectivity index (χ3v) is 4.44. The maximum absolute atomic E-state index is 12.8. The van der Waals surface area contributed by atoms with Gasteiger partial charge in [-0.1, -0.05) is 69.3 Å². The maximum atomic E-state index is 12.8. The maximum Gasteiger partial charge on any atom is 0.315 e. The van der Waals surface area contributed by atoms with Gasteiger partial charge in [-0.05, 0) is 29.0 Å². The Labute approximate surface area is 132 Å². The van der Waals surface area contributed by atoms with E-state index in [4.69, 9.17) is 4.74 Å². The molecular formula is C20H22O2. The molecule has 0 saturated carbocycles. The molecule has 114 valence electrons. The zero-order chi connectivity index (χ0) is 15.7. The fourth-order valence-corrected chi connectivity index (χ4v) is 3.43. The van der Waals surface area contributed by atoms with Crippen LogP contribution in [0.15, 0.2) is 54.6 Å². The monoisotopic (exact) mass is 294 g/mol. The van der Waals surface area contributed by atoms with Gasteiger partial charge in [0.05, 0.1) is 5.92 Å².